The summed E-state index contributed by atoms with van der Waals surface area (Å²) in [5.41, 5.74) is 9.70. The minimum absolute atomic E-state index is 0.197. The summed E-state index contributed by atoms with van der Waals surface area (Å²) in [7, 11) is 2.19. The number of hydrogen-bond donors (Lipinski definition) is 1. The second kappa shape index (κ2) is 7.13. The molecule has 3 aromatic heterocycles. The van der Waals surface area contributed by atoms with Gasteiger partial charge in [0.05, 0.1) is 5.39 Å². The van der Waals surface area contributed by atoms with Gasteiger partial charge in [0.1, 0.15) is 16.5 Å². The summed E-state index contributed by atoms with van der Waals surface area (Å²) < 4.78 is 2.27. The van der Waals surface area contributed by atoms with Crippen LogP contribution in [0.2, 0.25) is 5.28 Å². The molecule has 5 rings (SSSR count). The van der Waals surface area contributed by atoms with Crippen molar-refractivity contribution >= 4 is 39.8 Å². The van der Waals surface area contributed by atoms with Gasteiger partial charge in [0.25, 0.3) is 0 Å². The van der Waals surface area contributed by atoms with E-state index in [0.717, 1.165) is 47.5 Å². The lowest BCUT2D eigenvalue weighted by Crippen LogP contribution is -2.25. The zero-order chi connectivity index (χ0) is 19.3. The first-order valence-electron chi connectivity index (χ1n) is 9.71. The summed E-state index contributed by atoms with van der Waals surface area (Å²) in [6.45, 7) is 2.23. The molecule has 1 aliphatic heterocycles. The van der Waals surface area contributed by atoms with E-state index in [4.69, 9.17) is 17.3 Å². The summed E-state index contributed by atoms with van der Waals surface area (Å²) >= 11 is 7.76. The van der Waals surface area contributed by atoms with E-state index in [-0.39, 0.29) is 5.28 Å². The van der Waals surface area contributed by atoms with E-state index in [1.807, 2.05) is 11.6 Å². The number of thiazole rings is 1. The molecule has 3 aromatic rings. The number of nitrogens with two attached hydrogens (primary N) is 1. The van der Waals surface area contributed by atoms with Crippen molar-refractivity contribution in [3.63, 3.8) is 0 Å². The molecule has 0 aromatic carbocycles. The van der Waals surface area contributed by atoms with Crippen molar-refractivity contribution in [1.29, 1.82) is 0 Å². The maximum atomic E-state index is 6.25. The molecule has 6 nitrogen and oxygen atoms in total. The number of hydrogen-bond acceptors (Lipinski definition) is 6. The van der Waals surface area contributed by atoms with Gasteiger partial charge in [0, 0.05) is 42.5 Å². The number of fused-ring (bicyclic) bond motifs is 1. The SMILES string of the molecule is CN1CC=C(C2CCC(n3cc(-c4nccs4)c4c(N)nc(Cl)nc43)C2)CC1. The van der Waals surface area contributed by atoms with Crippen LogP contribution in [0.4, 0.5) is 5.82 Å². The normalized spacial score (nSPS) is 23.4. The Labute approximate surface area is 173 Å². The van der Waals surface area contributed by atoms with Gasteiger partial charge in [-0.05, 0) is 50.2 Å². The number of nitrogen functional groups attached to an aromatic ring is 1. The van der Waals surface area contributed by atoms with Crippen LogP contribution in [0.5, 0.6) is 0 Å². The lowest BCUT2D eigenvalue weighted by molar-refractivity contribution is 0.346. The fourth-order valence-electron chi connectivity index (χ4n) is 4.65. The van der Waals surface area contributed by atoms with Crippen LogP contribution < -0.4 is 5.73 Å². The van der Waals surface area contributed by atoms with E-state index in [9.17, 15) is 0 Å². The lowest BCUT2D eigenvalue weighted by atomic mass is 9.92. The minimum atomic E-state index is 0.197. The lowest BCUT2D eigenvalue weighted by Gasteiger charge is -2.25. The van der Waals surface area contributed by atoms with E-state index >= 15 is 0 Å². The Morgan fingerprint density at radius 2 is 2.18 bits per heavy atom. The molecule has 0 bridgehead atoms. The highest BCUT2D eigenvalue weighted by Gasteiger charge is 2.31. The number of rotatable bonds is 3. The Morgan fingerprint density at radius 3 is 2.93 bits per heavy atom. The average Bonchev–Trinajstić information content (AvgIpc) is 3.41. The predicted molar refractivity (Wildman–Crippen MR) is 115 cm³/mol. The maximum Gasteiger partial charge on any atom is 0.226 e. The fourth-order valence-corrected chi connectivity index (χ4v) is 5.47. The smallest absolute Gasteiger partial charge is 0.226 e. The van der Waals surface area contributed by atoms with Gasteiger partial charge in [0.15, 0.2) is 0 Å². The van der Waals surface area contributed by atoms with Crippen LogP contribution in [0, 0.1) is 5.92 Å². The van der Waals surface area contributed by atoms with Crippen molar-refractivity contribution in [3.8, 4) is 10.6 Å². The van der Waals surface area contributed by atoms with Crippen molar-refractivity contribution < 1.29 is 0 Å². The summed E-state index contributed by atoms with van der Waals surface area (Å²) in [6, 6.07) is 0.395. The van der Waals surface area contributed by atoms with Gasteiger partial charge in [-0.25, -0.2) is 9.97 Å². The highest BCUT2D eigenvalue weighted by molar-refractivity contribution is 7.13. The largest absolute Gasteiger partial charge is 0.383 e. The van der Waals surface area contributed by atoms with Crippen LogP contribution in [0.15, 0.2) is 29.4 Å². The van der Waals surface area contributed by atoms with Crippen molar-refractivity contribution in [1.82, 2.24) is 24.4 Å². The Morgan fingerprint density at radius 1 is 1.29 bits per heavy atom. The van der Waals surface area contributed by atoms with Crippen molar-refractivity contribution in [2.75, 3.05) is 25.9 Å². The molecular formula is C20H23ClN6S. The molecule has 1 fully saturated rings. The second-order valence-corrected chi connectivity index (χ2v) is 9.05. The van der Waals surface area contributed by atoms with Gasteiger partial charge in [-0.2, -0.15) is 4.98 Å². The van der Waals surface area contributed by atoms with Crippen LogP contribution in [0.25, 0.3) is 21.6 Å². The molecule has 0 spiro atoms. The molecule has 0 saturated heterocycles. The molecule has 2 unspecified atom stereocenters. The molecule has 1 saturated carbocycles. The summed E-state index contributed by atoms with van der Waals surface area (Å²) in [6.07, 6.45) is 11.1. The van der Waals surface area contributed by atoms with E-state index in [2.05, 4.69) is 43.7 Å². The maximum absolute atomic E-state index is 6.25. The van der Waals surface area contributed by atoms with Gasteiger partial charge in [-0.15, -0.1) is 11.3 Å². The molecule has 1 aliphatic carbocycles. The van der Waals surface area contributed by atoms with E-state index in [0.29, 0.717) is 17.8 Å². The summed E-state index contributed by atoms with van der Waals surface area (Å²) in [5.74, 6) is 1.08. The minimum Gasteiger partial charge on any atom is -0.383 e. The van der Waals surface area contributed by atoms with Gasteiger partial charge in [-0.1, -0.05) is 11.6 Å². The number of nitrogens with zero attached hydrogens (tertiary/aromatic N) is 5. The summed E-state index contributed by atoms with van der Waals surface area (Å²) in [5, 5.41) is 3.97. The highest BCUT2D eigenvalue weighted by Crippen LogP contribution is 2.44. The van der Waals surface area contributed by atoms with Gasteiger partial charge >= 0.3 is 0 Å². The third-order valence-corrected chi connectivity index (χ3v) is 7.08. The molecule has 0 amide bonds. The Hall–Kier alpha value is -1.96. The molecule has 146 valence electrons. The first-order chi connectivity index (χ1) is 13.6. The van der Waals surface area contributed by atoms with Crippen LogP contribution in [-0.4, -0.2) is 44.6 Å². The first-order valence-corrected chi connectivity index (χ1v) is 11.0. The third kappa shape index (κ3) is 3.11. The van der Waals surface area contributed by atoms with E-state index in [1.165, 1.54) is 12.8 Å². The van der Waals surface area contributed by atoms with Crippen LogP contribution in [-0.2, 0) is 0 Å². The predicted octanol–water partition coefficient (Wildman–Crippen LogP) is 4.39. The van der Waals surface area contributed by atoms with Gasteiger partial charge in [0.2, 0.25) is 5.28 Å². The molecular weight excluding hydrogens is 392 g/mol. The average molecular weight is 415 g/mol. The second-order valence-electron chi connectivity index (χ2n) is 7.82. The van der Waals surface area contributed by atoms with E-state index in [1.54, 1.807) is 16.9 Å². The van der Waals surface area contributed by atoms with E-state index < -0.39 is 0 Å². The Bertz CT molecular complexity index is 1040. The first kappa shape index (κ1) is 18.1. The molecule has 2 N–H and O–H groups in total. The summed E-state index contributed by atoms with van der Waals surface area (Å²) in [4.78, 5) is 15.6. The van der Waals surface area contributed by atoms with Crippen molar-refractivity contribution in [2.24, 2.45) is 5.92 Å². The molecule has 8 heteroatoms. The fraction of sp³-hybridized carbons (Fsp3) is 0.450. The number of halogens is 1. The topological polar surface area (TPSA) is 72.9 Å². The van der Waals surface area contributed by atoms with Crippen LogP contribution in [0.3, 0.4) is 0 Å². The molecule has 0 radical (unpaired) electrons. The third-order valence-electron chi connectivity index (χ3n) is 6.11. The zero-order valence-electron chi connectivity index (χ0n) is 15.8. The number of likely N-dealkylation sites (N-methyl/N-ethyl adjacent to an activating group) is 1. The Kier molecular flexibility index (Phi) is 4.61. The molecule has 2 aliphatic rings. The van der Waals surface area contributed by atoms with Gasteiger partial charge in [-0.3, -0.25) is 0 Å². The van der Waals surface area contributed by atoms with Crippen molar-refractivity contribution in [3.05, 3.63) is 34.7 Å². The number of aromatic nitrogens is 4. The molecule has 28 heavy (non-hydrogen) atoms. The highest BCUT2D eigenvalue weighted by atomic mass is 35.5. The van der Waals surface area contributed by atoms with Crippen LogP contribution in [0.1, 0.15) is 31.7 Å². The monoisotopic (exact) mass is 414 g/mol. The number of anilines is 1. The quantitative estimate of drug-likeness (QED) is 0.508. The van der Waals surface area contributed by atoms with Crippen molar-refractivity contribution in [2.45, 2.75) is 31.7 Å². The molecule has 2 atom stereocenters. The molecule has 4 heterocycles. The van der Waals surface area contributed by atoms with Crippen LogP contribution >= 0.6 is 22.9 Å². The zero-order valence-corrected chi connectivity index (χ0v) is 17.4. The van der Waals surface area contributed by atoms with Gasteiger partial charge < -0.3 is 15.2 Å². The Balaban J connectivity index is 1.53. The standard InChI is InChI=1S/C20H23ClN6S/c1-26-7-4-12(5-8-26)13-2-3-14(10-13)27-11-15(19-23-6-9-28-19)16-17(22)24-20(21)25-18(16)27/h4,6,9,11,13-14H,2-3,5,7-8,10H2,1H3,(H2,22,24,25).